The lowest BCUT2D eigenvalue weighted by atomic mass is 9.88. The monoisotopic (exact) mass is 351 g/mol. The van der Waals surface area contributed by atoms with Crippen LogP contribution < -0.4 is 0 Å². The van der Waals surface area contributed by atoms with Gasteiger partial charge in [0, 0.05) is 17.6 Å². The summed E-state index contributed by atoms with van der Waals surface area (Å²) in [6.07, 6.45) is 6.30. The molecule has 1 N–H and O–H groups in total. The van der Waals surface area contributed by atoms with Crippen LogP contribution in [0.3, 0.4) is 0 Å². The second kappa shape index (κ2) is 6.80. The molecule has 2 aliphatic rings. The van der Waals surface area contributed by atoms with Gasteiger partial charge in [0.25, 0.3) is 0 Å². The van der Waals surface area contributed by atoms with Crippen molar-refractivity contribution in [3.8, 4) is 0 Å². The standard InChI is InChI=1S/C18H26BrNO/c1-20(12-15-11-13-6-7-14(15)10-13)9-8-18(21)16-4-2-3-5-17(16)19/h2-5,13-15,18,21H,6-12H2,1H3. The minimum atomic E-state index is -0.372. The van der Waals surface area contributed by atoms with Gasteiger partial charge < -0.3 is 10.0 Å². The second-order valence-electron chi connectivity index (χ2n) is 7.02. The van der Waals surface area contributed by atoms with E-state index in [1.165, 1.54) is 32.2 Å². The normalized spacial score (nSPS) is 29.2. The van der Waals surface area contributed by atoms with Crippen LogP contribution in [0.25, 0.3) is 0 Å². The number of fused-ring (bicyclic) bond motifs is 2. The summed E-state index contributed by atoms with van der Waals surface area (Å²) in [5, 5.41) is 10.4. The molecule has 0 aliphatic heterocycles. The van der Waals surface area contributed by atoms with E-state index in [2.05, 4.69) is 27.9 Å². The lowest BCUT2D eigenvalue weighted by molar-refractivity contribution is 0.138. The summed E-state index contributed by atoms with van der Waals surface area (Å²) in [6.45, 7) is 2.18. The quantitative estimate of drug-likeness (QED) is 0.828. The summed E-state index contributed by atoms with van der Waals surface area (Å²) in [5.74, 6) is 2.93. The van der Waals surface area contributed by atoms with Gasteiger partial charge in [-0.1, -0.05) is 40.5 Å². The highest BCUT2D eigenvalue weighted by molar-refractivity contribution is 9.10. The van der Waals surface area contributed by atoms with Gasteiger partial charge in [0.15, 0.2) is 0 Å². The van der Waals surface area contributed by atoms with Crippen LogP contribution in [-0.2, 0) is 0 Å². The number of rotatable bonds is 6. The smallest absolute Gasteiger partial charge is 0.0813 e. The molecule has 0 amide bonds. The maximum Gasteiger partial charge on any atom is 0.0813 e. The van der Waals surface area contributed by atoms with Gasteiger partial charge in [0.1, 0.15) is 0 Å². The van der Waals surface area contributed by atoms with Gasteiger partial charge in [-0.2, -0.15) is 0 Å². The lowest BCUT2D eigenvalue weighted by Gasteiger charge is -2.27. The summed E-state index contributed by atoms with van der Waals surface area (Å²) >= 11 is 3.52. The Morgan fingerprint density at radius 3 is 2.76 bits per heavy atom. The number of hydrogen-bond donors (Lipinski definition) is 1. The second-order valence-corrected chi connectivity index (χ2v) is 7.88. The Kier molecular flexibility index (Phi) is 5.03. The summed E-state index contributed by atoms with van der Waals surface area (Å²) in [4.78, 5) is 2.42. The van der Waals surface area contributed by atoms with Crippen molar-refractivity contribution in [1.82, 2.24) is 4.90 Å². The first-order chi connectivity index (χ1) is 10.1. The third-order valence-corrected chi connectivity index (χ3v) is 6.20. The van der Waals surface area contributed by atoms with Crippen LogP contribution in [0.2, 0.25) is 0 Å². The molecular weight excluding hydrogens is 326 g/mol. The summed E-state index contributed by atoms with van der Waals surface area (Å²) < 4.78 is 1.01. The van der Waals surface area contributed by atoms with Crippen molar-refractivity contribution < 1.29 is 5.11 Å². The molecule has 0 heterocycles. The topological polar surface area (TPSA) is 23.5 Å². The van der Waals surface area contributed by atoms with E-state index in [9.17, 15) is 5.11 Å². The van der Waals surface area contributed by atoms with Crippen molar-refractivity contribution >= 4 is 15.9 Å². The molecule has 0 aromatic heterocycles. The highest BCUT2D eigenvalue weighted by atomic mass is 79.9. The zero-order valence-electron chi connectivity index (χ0n) is 12.8. The highest BCUT2D eigenvalue weighted by Gasteiger charge is 2.39. The predicted octanol–water partition coefficient (Wildman–Crippen LogP) is 4.24. The van der Waals surface area contributed by atoms with E-state index in [0.717, 1.165) is 40.8 Å². The number of benzene rings is 1. The third kappa shape index (κ3) is 3.69. The molecule has 21 heavy (non-hydrogen) atoms. The Balaban J connectivity index is 1.45. The highest BCUT2D eigenvalue weighted by Crippen LogP contribution is 2.48. The molecule has 0 radical (unpaired) electrons. The van der Waals surface area contributed by atoms with Gasteiger partial charge in [0.2, 0.25) is 0 Å². The van der Waals surface area contributed by atoms with E-state index in [4.69, 9.17) is 0 Å². The molecule has 4 atom stereocenters. The first-order valence-electron chi connectivity index (χ1n) is 8.24. The first-order valence-corrected chi connectivity index (χ1v) is 9.04. The lowest BCUT2D eigenvalue weighted by Crippen LogP contribution is -2.30. The number of halogens is 1. The van der Waals surface area contributed by atoms with Gasteiger partial charge in [-0.05, 0) is 62.1 Å². The van der Waals surface area contributed by atoms with Crippen LogP contribution in [0.5, 0.6) is 0 Å². The molecule has 2 saturated carbocycles. The summed E-state index contributed by atoms with van der Waals surface area (Å²) in [6, 6.07) is 7.98. The molecule has 1 aromatic carbocycles. The van der Waals surface area contributed by atoms with Crippen molar-refractivity contribution in [2.45, 2.75) is 38.2 Å². The van der Waals surface area contributed by atoms with Crippen molar-refractivity contribution in [2.75, 3.05) is 20.1 Å². The Morgan fingerprint density at radius 2 is 2.10 bits per heavy atom. The van der Waals surface area contributed by atoms with E-state index >= 15 is 0 Å². The molecule has 0 spiro atoms. The zero-order valence-corrected chi connectivity index (χ0v) is 14.4. The van der Waals surface area contributed by atoms with Crippen molar-refractivity contribution in [3.05, 3.63) is 34.3 Å². The molecule has 2 bridgehead atoms. The number of aliphatic hydroxyl groups is 1. The molecule has 2 aliphatic carbocycles. The zero-order chi connectivity index (χ0) is 14.8. The summed E-state index contributed by atoms with van der Waals surface area (Å²) in [7, 11) is 2.21. The van der Waals surface area contributed by atoms with Gasteiger partial charge >= 0.3 is 0 Å². The fraction of sp³-hybridized carbons (Fsp3) is 0.667. The molecule has 4 unspecified atom stereocenters. The van der Waals surface area contributed by atoms with E-state index in [-0.39, 0.29) is 6.10 Å². The van der Waals surface area contributed by atoms with Crippen LogP contribution in [0.15, 0.2) is 28.7 Å². The first kappa shape index (κ1) is 15.5. The van der Waals surface area contributed by atoms with E-state index < -0.39 is 0 Å². The maximum atomic E-state index is 10.4. The minimum absolute atomic E-state index is 0.372. The van der Waals surface area contributed by atoms with Crippen molar-refractivity contribution in [1.29, 1.82) is 0 Å². The minimum Gasteiger partial charge on any atom is -0.388 e. The molecule has 2 nitrogen and oxygen atoms in total. The Labute approximate surface area is 136 Å². The largest absolute Gasteiger partial charge is 0.388 e. The Bertz CT molecular complexity index is 478. The van der Waals surface area contributed by atoms with E-state index in [1.54, 1.807) is 0 Å². The van der Waals surface area contributed by atoms with Crippen LogP contribution in [0, 0.1) is 17.8 Å². The third-order valence-electron chi connectivity index (χ3n) is 5.48. The van der Waals surface area contributed by atoms with Crippen LogP contribution in [0.1, 0.15) is 43.8 Å². The van der Waals surface area contributed by atoms with Gasteiger partial charge in [0.05, 0.1) is 6.10 Å². The van der Waals surface area contributed by atoms with E-state index in [1.807, 2.05) is 24.3 Å². The predicted molar refractivity (Wildman–Crippen MR) is 90.2 cm³/mol. The average Bonchev–Trinajstić information content (AvgIpc) is 3.08. The van der Waals surface area contributed by atoms with Gasteiger partial charge in [-0.15, -0.1) is 0 Å². The molecule has 2 fully saturated rings. The molecule has 3 rings (SSSR count). The molecule has 3 heteroatoms. The summed E-state index contributed by atoms with van der Waals surface area (Å²) in [5.41, 5.74) is 1.01. The van der Waals surface area contributed by atoms with Crippen molar-refractivity contribution in [2.24, 2.45) is 17.8 Å². The van der Waals surface area contributed by atoms with Crippen LogP contribution in [-0.4, -0.2) is 30.1 Å². The van der Waals surface area contributed by atoms with Gasteiger partial charge in [-0.3, -0.25) is 0 Å². The Morgan fingerprint density at radius 1 is 1.29 bits per heavy atom. The molecular formula is C18H26BrNO. The van der Waals surface area contributed by atoms with Gasteiger partial charge in [-0.25, -0.2) is 0 Å². The average molecular weight is 352 g/mol. The maximum absolute atomic E-state index is 10.4. The van der Waals surface area contributed by atoms with Crippen LogP contribution in [0.4, 0.5) is 0 Å². The number of aliphatic hydroxyl groups excluding tert-OH is 1. The fourth-order valence-corrected chi connectivity index (χ4v) is 4.88. The SMILES string of the molecule is CN(CCC(O)c1ccccc1Br)CC1CC2CCC1C2. The fourth-order valence-electron chi connectivity index (χ4n) is 4.34. The van der Waals surface area contributed by atoms with Crippen LogP contribution >= 0.6 is 15.9 Å². The van der Waals surface area contributed by atoms with Crippen molar-refractivity contribution in [3.63, 3.8) is 0 Å². The molecule has 116 valence electrons. The number of nitrogens with zero attached hydrogens (tertiary/aromatic N) is 1. The molecule has 0 saturated heterocycles. The van der Waals surface area contributed by atoms with E-state index in [0.29, 0.717) is 0 Å². The number of hydrogen-bond acceptors (Lipinski definition) is 2. The Hall–Kier alpha value is -0.380. The molecule has 1 aromatic rings.